The zero-order valence-corrected chi connectivity index (χ0v) is 10.8. The Morgan fingerprint density at radius 1 is 1.11 bits per heavy atom. The Hall–Kier alpha value is -1.23. The van der Waals surface area contributed by atoms with E-state index in [9.17, 15) is 0 Å². The van der Waals surface area contributed by atoms with Crippen LogP contribution < -0.4 is 10.2 Å². The highest BCUT2D eigenvalue weighted by molar-refractivity contribution is 5.44. The Labute approximate surface area is 108 Å². The van der Waals surface area contributed by atoms with Crippen LogP contribution in [0, 0.1) is 0 Å². The summed E-state index contributed by atoms with van der Waals surface area (Å²) in [4.78, 5) is 6.86. The summed E-state index contributed by atoms with van der Waals surface area (Å²) in [5.74, 6) is 1.66. The van der Waals surface area contributed by atoms with Crippen molar-refractivity contribution in [2.45, 2.75) is 38.0 Å². The van der Waals surface area contributed by atoms with Crippen LogP contribution in [0.15, 0.2) is 6.33 Å². The summed E-state index contributed by atoms with van der Waals surface area (Å²) in [6.07, 6.45) is 8.10. The Morgan fingerprint density at radius 3 is 2.67 bits per heavy atom. The summed E-state index contributed by atoms with van der Waals surface area (Å²) < 4.78 is 0. The molecule has 3 rings (SSSR count). The van der Waals surface area contributed by atoms with Crippen molar-refractivity contribution in [1.29, 1.82) is 0 Å². The molecular weight excluding hydrogens is 226 g/mol. The van der Waals surface area contributed by atoms with Crippen LogP contribution in [0.3, 0.4) is 0 Å². The molecular formula is C13H21N5. The third kappa shape index (κ3) is 2.46. The molecule has 98 valence electrons. The number of hydrogen-bond donors (Lipinski definition) is 1. The SMILES string of the molecule is c1nnc(C2CCCCC2)c(N2CCNCC2)n1. The highest BCUT2D eigenvalue weighted by atomic mass is 15.3. The second-order valence-corrected chi connectivity index (χ2v) is 5.24. The molecule has 0 radical (unpaired) electrons. The average molecular weight is 247 g/mol. The first kappa shape index (κ1) is 11.8. The van der Waals surface area contributed by atoms with E-state index in [-0.39, 0.29) is 0 Å². The van der Waals surface area contributed by atoms with Gasteiger partial charge in [0.25, 0.3) is 0 Å². The minimum atomic E-state index is 0.574. The maximum Gasteiger partial charge on any atom is 0.154 e. The van der Waals surface area contributed by atoms with E-state index in [1.165, 1.54) is 32.1 Å². The Balaban J connectivity index is 1.83. The van der Waals surface area contributed by atoms with E-state index in [1.54, 1.807) is 6.33 Å². The number of rotatable bonds is 2. The van der Waals surface area contributed by atoms with Gasteiger partial charge >= 0.3 is 0 Å². The van der Waals surface area contributed by atoms with Crippen LogP contribution in [0.25, 0.3) is 0 Å². The van der Waals surface area contributed by atoms with Gasteiger partial charge in [0.05, 0.1) is 0 Å². The van der Waals surface area contributed by atoms with E-state index < -0.39 is 0 Å². The van der Waals surface area contributed by atoms with Crippen molar-refractivity contribution in [2.75, 3.05) is 31.1 Å². The summed E-state index contributed by atoms with van der Waals surface area (Å²) >= 11 is 0. The molecule has 18 heavy (non-hydrogen) atoms. The van der Waals surface area contributed by atoms with Crippen LogP contribution in [-0.4, -0.2) is 41.4 Å². The standard InChI is InChI=1S/C13H21N5/c1-2-4-11(5-3-1)12-13(15-10-16-17-12)18-8-6-14-7-9-18/h10-11,14H,1-9H2. The largest absolute Gasteiger partial charge is 0.352 e. The monoisotopic (exact) mass is 247 g/mol. The lowest BCUT2D eigenvalue weighted by Crippen LogP contribution is -2.44. The molecule has 0 spiro atoms. The molecule has 1 aromatic rings. The van der Waals surface area contributed by atoms with Crippen molar-refractivity contribution >= 4 is 5.82 Å². The molecule has 2 aliphatic rings. The minimum Gasteiger partial charge on any atom is -0.352 e. The van der Waals surface area contributed by atoms with Gasteiger partial charge in [-0.25, -0.2) is 4.98 Å². The third-order valence-corrected chi connectivity index (χ3v) is 4.03. The van der Waals surface area contributed by atoms with Gasteiger partial charge in [-0.3, -0.25) is 0 Å². The zero-order valence-electron chi connectivity index (χ0n) is 10.8. The van der Waals surface area contributed by atoms with Crippen LogP contribution in [0.5, 0.6) is 0 Å². The van der Waals surface area contributed by atoms with Crippen molar-refractivity contribution in [3.8, 4) is 0 Å². The molecule has 1 saturated carbocycles. The smallest absolute Gasteiger partial charge is 0.154 e. The van der Waals surface area contributed by atoms with E-state index in [2.05, 4.69) is 25.4 Å². The summed E-state index contributed by atoms with van der Waals surface area (Å²) in [5, 5.41) is 11.8. The normalized spacial score (nSPS) is 22.1. The third-order valence-electron chi connectivity index (χ3n) is 4.03. The molecule has 2 heterocycles. The van der Waals surface area contributed by atoms with Crippen LogP contribution in [-0.2, 0) is 0 Å². The highest BCUT2D eigenvalue weighted by Gasteiger charge is 2.24. The average Bonchev–Trinajstić information content (AvgIpc) is 2.49. The predicted octanol–water partition coefficient (Wildman–Crippen LogP) is 1.33. The number of nitrogens with zero attached hydrogens (tertiary/aromatic N) is 4. The van der Waals surface area contributed by atoms with Gasteiger partial charge < -0.3 is 10.2 Å². The molecule has 1 aliphatic heterocycles. The van der Waals surface area contributed by atoms with E-state index in [1.807, 2.05) is 0 Å². The summed E-state index contributed by atoms with van der Waals surface area (Å²) in [7, 11) is 0. The van der Waals surface area contributed by atoms with Crippen molar-refractivity contribution in [3.63, 3.8) is 0 Å². The van der Waals surface area contributed by atoms with Gasteiger partial charge in [0.15, 0.2) is 5.82 Å². The molecule has 1 aromatic heterocycles. The first-order chi connectivity index (χ1) is 8.95. The van der Waals surface area contributed by atoms with Crippen molar-refractivity contribution in [1.82, 2.24) is 20.5 Å². The molecule has 1 saturated heterocycles. The van der Waals surface area contributed by atoms with Crippen LogP contribution >= 0.6 is 0 Å². The summed E-state index contributed by atoms with van der Waals surface area (Å²) in [6, 6.07) is 0. The molecule has 0 bridgehead atoms. The first-order valence-corrected chi connectivity index (χ1v) is 7.08. The van der Waals surface area contributed by atoms with E-state index in [4.69, 9.17) is 0 Å². The second kappa shape index (κ2) is 5.61. The number of nitrogens with one attached hydrogen (secondary N) is 1. The quantitative estimate of drug-likeness (QED) is 0.854. The molecule has 5 nitrogen and oxygen atoms in total. The number of anilines is 1. The van der Waals surface area contributed by atoms with Gasteiger partial charge in [-0.15, -0.1) is 10.2 Å². The van der Waals surface area contributed by atoms with Gasteiger partial charge in [-0.05, 0) is 12.8 Å². The first-order valence-electron chi connectivity index (χ1n) is 7.08. The summed E-state index contributed by atoms with van der Waals surface area (Å²) in [5.41, 5.74) is 1.14. The van der Waals surface area contributed by atoms with Gasteiger partial charge in [-0.1, -0.05) is 19.3 Å². The lowest BCUT2D eigenvalue weighted by molar-refractivity contribution is 0.431. The maximum absolute atomic E-state index is 4.50. The van der Waals surface area contributed by atoms with Crippen LogP contribution in [0.1, 0.15) is 43.7 Å². The lowest BCUT2D eigenvalue weighted by Gasteiger charge is -2.31. The number of piperazine rings is 1. The van der Waals surface area contributed by atoms with Crippen molar-refractivity contribution in [3.05, 3.63) is 12.0 Å². The van der Waals surface area contributed by atoms with E-state index >= 15 is 0 Å². The van der Waals surface area contributed by atoms with Gasteiger partial charge in [0.2, 0.25) is 0 Å². The van der Waals surface area contributed by atoms with Gasteiger partial charge in [0.1, 0.15) is 12.0 Å². The second-order valence-electron chi connectivity index (χ2n) is 5.24. The van der Waals surface area contributed by atoms with Crippen molar-refractivity contribution < 1.29 is 0 Å². The number of aromatic nitrogens is 3. The molecule has 0 unspecified atom stereocenters. The Kier molecular flexibility index (Phi) is 3.69. The Morgan fingerprint density at radius 2 is 1.89 bits per heavy atom. The molecule has 0 amide bonds. The Bertz CT molecular complexity index is 346. The van der Waals surface area contributed by atoms with Crippen LogP contribution in [0.4, 0.5) is 5.82 Å². The van der Waals surface area contributed by atoms with Crippen molar-refractivity contribution in [2.24, 2.45) is 0 Å². The molecule has 0 aromatic carbocycles. The fraction of sp³-hybridized carbons (Fsp3) is 0.769. The fourth-order valence-electron chi connectivity index (χ4n) is 3.04. The highest BCUT2D eigenvalue weighted by Crippen LogP contribution is 2.35. The van der Waals surface area contributed by atoms with E-state index in [0.29, 0.717) is 5.92 Å². The lowest BCUT2D eigenvalue weighted by atomic mass is 9.86. The van der Waals surface area contributed by atoms with E-state index in [0.717, 1.165) is 37.7 Å². The van der Waals surface area contributed by atoms with Gasteiger partial charge in [-0.2, -0.15) is 0 Å². The molecule has 1 N–H and O–H groups in total. The summed E-state index contributed by atoms with van der Waals surface area (Å²) in [6.45, 7) is 4.12. The van der Waals surface area contributed by atoms with Gasteiger partial charge in [0, 0.05) is 32.1 Å². The molecule has 1 aliphatic carbocycles. The van der Waals surface area contributed by atoms with Crippen LogP contribution in [0.2, 0.25) is 0 Å². The maximum atomic E-state index is 4.50. The predicted molar refractivity (Wildman–Crippen MR) is 70.7 cm³/mol. The minimum absolute atomic E-state index is 0.574. The number of hydrogen-bond acceptors (Lipinski definition) is 5. The topological polar surface area (TPSA) is 53.9 Å². The molecule has 0 atom stereocenters. The molecule has 2 fully saturated rings. The molecule has 5 heteroatoms. The fourth-order valence-corrected chi connectivity index (χ4v) is 3.04. The zero-order chi connectivity index (χ0) is 12.2.